The molecule has 1 aliphatic heterocycles. The zero-order valence-corrected chi connectivity index (χ0v) is 12.4. The van der Waals surface area contributed by atoms with Gasteiger partial charge in [-0.2, -0.15) is 0 Å². The molecular weight excluding hydrogens is 355 g/mol. The first kappa shape index (κ1) is 12.5. The van der Waals surface area contributed by atoms with Crippen molar-refractivity contribution in [2.45, 2.75) is 0 Å². The summed E-state index contributed by atoms with van der Waals surface area (Å²) in [6, 6.07) is 1.83. The van der Waals surface area contributed by atoms with Crippen molar-refractivity contribution in [1.29, 1.82) is 0 Å². The van der Waals surface area contributed by atoms with Gasteiger partial charge in [0.1, 0.15) is 0 Å². The minimum atomic E-state index is 0.797. The van der Waals surface area contributed by atoms with Gasteiger partial charge in [0.2, 0.25) is 11.9 Å². The summed E-state index contributed by atoms with van der Waals surface area (Å²) in [5.74, 6) is 1.60. The lowest BCUT2D eigenvalue weighted by molar-refractivity contribution is 0.627. The molecule has 0 saturated carbocycles. The Bertz CT molecular complexity index is 524. The summed E-state index contributed by atoms with van der Waals surface area (Å²) in [6.07, 6.45) is 7.24. The number of hydrogen-bond acceptors (Lipinski definition) is 6. The van der Waals surface area contributed by atoms with Crippen LogP contribution in [0.15, 0.2) is 30.9 Å². The van der Waals surface area contributed by atoms with Crippen LogP contribution in [0, 0.1) is 3.57 Å². The van der Waals surface area contributed by atoms with Crippen molar-refractivity contribution in [2.75, 3.05) is 36.0 Å². The number of anilines is 2. The van der Waals surface area contributed by atoms with Crippen LogP contribution in [-0.4, -0.2) is 46.1 Å². The Morgan fingerprint density at radius 3 is 1.79 bits per heavy atom. The summed E-state index contributed by atoms with van der Waals surface area (Å²) in [5, 5.41) is 0. The molecule has 0 unspecified atom stereocenters. The Kier molecular flexibility index (Phi) is 3.72. The van der Waals surface area contributed by atoms with Gasteiger partial charge >= 0.3 is 0 Å². The fourth-order valence-electron chi connectivity index (χ4n) is 2.03. The maximum absolute atomic E-state index is 4.36. The first-order valence-corrected chi connectivity index (χ1v) is 7.15. The van der Waals surface area contributed by atoms with Crippen LogP contribution in [0.1, 0.15) is 0 Å². The monoisotopic (exact) mass is 368 g/mol. The lowest BCUT2D eigenvalue weighted by Gasteiger charge is -2.34. The molecule has 0 N–H and O–H groups in total. The molecule has 2 aromatic heterocycles. The van der Waals surface area contributed by atoms with Gasteiger partial charge in [0.15, 0.2) is 0 Å². The van der Waals surface area contributed by atoms with E-state index in [4.69, 9.17) is 0 Å². The maximum Gasteiger partial charge on any atom is 0.225 e. The number of nitrogens with zero attached hydrogens (tertiary/aromatic N) is 6. The highest BCUT2D eigenvalue weighted by atomic mass is 127. The van der Waals surface area contributed by atoms with E-state index in [1.807, 2.05) is 18.5 Å². The molecular formula is C12H13IN6. The van der Waals surface area contributed by atoms with Crippen molar-refractivity contribution in [1.82, 2.24) is 19.9 Å². The molecule has 98 valence electrons. The van der Waals surface area contributed by atoms with Crippen LogP contribution in [0.2, 0.25) is 0 Å². The third-order valence-electron chi connectivity index (χ3n) is 3.00. The Labute approximate surface area is 125 Å². The molecule has 0 aromatic carbocycles. The number of rotatable bonds is 2. The molecule has 0 aliphatic carbocycles. The summed E-state index contributed by atoms with van der Waals surface area (Å²) < 4.78 is 1.05. The lowest BCUT2D eigenvalue weighted by Crippen LogP contribution is -2.47. The topological polar surface area (TPSA) is 58.0 Å². The van der Waals surface area contributed by atoms with E-state index in [0.717, 1.165) is 41.6 Å². The molecule has 3 rings (SSSR count). The zero-order chi connectivity index (χ0) is 13.1. The molecule has 1 fully saturated rings. The predicted octanol–water partition coefficient (Wildman–Crippen LogP) is 1.20. The van der Waals surface area contributed by atoms with Crippen molar-refractivity contribution in [2.24, 2.45) is 0 Å². The van der Waals surface area contributed by atoms with Gasteiger partial charge < -0.3 is 9.80 Å². The van der Waals surface area contributed by atoms with E-state index in [-0.39, 0.29) is 0 Å². The second-order valence-corrected chi connectivity index (χ2v) is 5.47. The van der Waals surface area contributed by atoms with E-state index in [9.17, 15) is 0 Å². The quantitative estimate of drug-likeness (QED) is 0.743. The van der Waals surface area contributed by atoms with E-state index < -0.39 is 0 Å². The smallest absolute Gasteiger partial charge is 0.225 e. The average molecular weight is 368 g/mol. The van der Waals surface area contributed by atoms with E-state index in [1.165, 1.54) is 0 Å². The first-order chi connectivity index (χ1) is 9.33. The minimum absolute atomic E-state index is 0.797. The van der Waals surface area contributed by atoms with Crippen molar-refractivity contribution < 1.29 is 0 Å². The number of piperazine rings is 1. The molecule has 1 aliphatic rings. The Balaban J connectivity index is 1.65. The van der Waals surface area contributed by atoms with Gasteiger partial charge in [-0.05, 0) is 28.7 Å². The van der Waals surface area contributed by atoms with Gasteiger partial charge in [0, 0.05) is 54.5 Å². The van der Waals surface area contributed by atoms with Crippen LogP contribution in [0.4, 0.5) is 11.9 Å². The van der Waals surface area contributed by atoms with Crippen molar-refractivity contribution >= 4 is 34.5 Å². The summed E-state index contributed by atoms with van der Waals surface area (Å²) in [4.78, 5) is 21.6. The summed E-state index contributed by atoms with van der Waals surface area (Å²) in [6.45, 7) is 3.55. The van der Waals surface area contributed by atoms with Gasteiger partial charge in [0.25, 0.3) is 0 Å². The minimum Gasteiger partial charge on any atom is -0.337 e. The largest absolute Gasteiger partial charge is 0.337 e. The van der Waals surface area contributed by atoms with Crippen molar-refractivity contribution in [3.05, 3.63) is 34.4 Å². The summed E-state index contributed by atoms with van der Waals surface area (Å²) >= 11 is 2.21. The molecule has 2 aromatic rings. The van der Waals surface area contributed by atoms with E-state index in [1.54, 1.807) is 12.4 Å². The van der Waals surface area contributed by atoms with Gasteiger partial charge in [-0.15, -0.1) is 0 Å². The molecule has 6 nitrogen and oxygen atoms in total. The van der Waals surface area contributed by atoms with Gasteiger partial charge in [-0.25, -0.2) is 19.9 Å². The standard InChI is InChI=1S/C12H13IN6/c13-10-8-16-12(17-9-10)19-6-4-18(5-7-19)11-14-2-1-3-15-11/h1-3,8-9H,4-7H2. The molecule has 1 saturated heterocycles. The number of aromatic nitrogens is 4. The lowest BCUT2D eigenvalue weighted by atomic mass is 10.3. The summed E-state index contributed by atoms with van der Waals surface area (Å²) in [7, 11) is 0. The molecule has 0 atom stereocenters. The molecule has 3 heterocycles. The van der Waals surface area contributed by atoms with E-state index in [2.05, 4.69) is 52.3 Å². The second kappa shape index (κ2) is 5.64. The zero-order valence-electron chi connectivity index (χ0n) is 10.3. The first-order valence-electron chi connectivity index (χ1n) is 6.07. The summed E-state index contributed by atoms with van der Waals surface area (Å²) in [5.41, 5.74) is 0. The fourth-order valence-corrected chi connectivity index (χ4v) is 2.31. The molecule has 7 heteroatoms. The van der Waals surface area contributed by atoms with E-state index >= 15 is 0 Å². The number of halogens is 1. The van der Waals surface area contributed by atoms with Crippen molar-refractivity contribution in [3.8, 4) is 0 Å². The van der Waals surface area contributed by atoms with Crippen LogP contribution >= 0.6 is 22.6 Å². The third kappa shape index (κ3) is 2.91. The number of hydrogen-bond donors (Lipinski definition) is 0. The highest BCUT2D eigenvalue weighted by Gasteiger charge is 2.20. The van der Waals surface area contributed by atoms with E-state index in [0.29, 0.717) is 0 Å². The van der Waals surface area contributed by atoms with Crippen LogP contribution in [-0.2, 0) is 0 Å². The van der Waals surface area contributed by atoms with Crippen LogP contribution in [0.25, 0.3) is 0 Å². The second-order valence-electron chi connectivity index (χ2n) is 4.22. The molecule has 0 radical (unpaired) electrons. The Morgan fingerprint density at radius 2 is 1.26 bits per heavy atom. The Hall–Kier alpha value is -1.51. The average Bonchev–Trinajstić information content (AvgIpc) is 2.49. The van der Waals surface area contributed by atoms with Crippen LogP contribution < -0.4 is 9.80 Å². The SMILES string of the molecule is Ic1cnc(N2CCN(c3ncccn3)CC2)nc1. The fraction of sp³-hybridized carbons (Fsp3) is 0.333. The van der Waals surface area contributed by atoms with Gasteiger partial charge in [-0.3, -0.25) is 0 Å². The third-order valence-corrected chi connectivity index (χ3v) is 3.56. The highest BCUT2D eigenvalue weighted by molar-refractivity contribution is 14.1. The normalized spacial score (nSPS) is 15.6. The molecule has 0 bridgehead atoms. The Morgan fingerprint density at radius 1 is 0.789 bits per heavy atom. The molecule has 19 heavy (non-hydrogen) atoms. The predicted molar refractivity (Wildman–Crippen MR) is 81.2 cm³/mol. The molecule has 0 amide bonds. The maximum atomic E-state index is 4.36. The van der Waals surface area contributed by atoms with Crippen LogP contribution in [0.3, 0.4) is 0 Å². The van der Waals surface area contributed by atoms with Gasteiger partial charge in [-0.1, -0.05) is 0 Å². The molecule has 0 spiro atoms. The van der Waals surface area contributed by atoms with Crippen molar-refractivity contribution in [3.63, 3.8) is 0 Å². The highest BCUT2D eigenvalue weighted by Crippen LogP contribution is 2.14. The van der Waals surface area contributed by atoms with Gasteiger partial charge in [0.05, 0.1) is 0 Å². The van der Waals surface area contributed by atoms with Crippen LogP contribution in [0.5, 0.6) is 0 Å².